The van der Waals surface area contributed by atoms with E-state index in [4.69, 9.17) is 4.74 Å². The maximum absolute atomic E-state index is 13.1. The number of ether oxygens (including phenoxy) is 1. The highest BCUT2D eigenvalue weighted by atomic mass is 32.1. The topological polar surface area (TPSA) is 77.0 Å². The lowest BCUT2D eigenvalue weighted by atomic mass is 9.92. The van der Waals surface area contributed by atoms with Gasteiger partial charge in [0.05, 0.1) is 24.4 Å². The first-order valence-electron chi connectivity index (χ1n) is 10.5. The molecule has 30 heavy (non-hydrogen) atoms. The Morgan fingerprint density at radius 2 is 1.90 bits per heavy atom. The van der Waals surface area contributed by atoms with Gasteiger partial charge < -0.3 is 10.1 Å². The van der Waals surface area contributed by atoms with Crippen LogP contribution in [0, 0.1) is 0 Å². The summed E-state index contributed by atoms with van der Waals surface area (Å²) >= 11 is 1.36. The number of benzene rings is 1. The predicted octanol–water partition coefficient (Wildman–Crippen LogP) is 4.42. The van der Waals surface area contributed by atoms with E-state index in [0.29, 0.717) is 28.7 Å². The van der Waals surface area contributed by atoms with Crippen LogP contribution in [0.1, 0.15) is 53.5 Å². The zero-order valence-electron chi connectivity index (χ0n) is 17.1. The molecule has 0 saturated heterocycles. The van der Waals surface area contributed by atoms with Crippen LogP contribution in [0.25, 0.3) is 10.8 Å². The molecule has 2 heterocycles. The Labute approximate surface area is 180 Å². The molecule has 6 nitrogen and oxygen atoms in total. The number of nitrogens with one attached hydrogen (secondary N) is 1. The zero-order valence-corrected chi connectivity index (χ0v) is 17.9. The molecule has 2 atom stereocenters. The molecule has 1 aliphatic carbocycles. The molecule has 3 aromatic rings. The third kappa shape index (κ3) is 4.91. The van der Waals surface area contributed by atoms with Crippen LogP contribution in [0.3, 0.4) is 0 Å². The highest BCUT2D eigenvalue weighted by molar-refractivity contribution is 7.17. The van der Waals surface area contributed by atoms with Crippen molar-refractivity contribution < 1.29 is 9.53 Å². The molecule has 1 aromatic carbocycles. The quantitative estimate of drug-likeness (QED) is 0.610. The second kappa shape index (κ2) is 9.91. The Balaban J connectivity index is 1.45. The van der Waals surface area contributed by atoms with E-state index in [-0.39, 0.29) is 18.1 Å². The van der Waals surface area contributed by atoms with Crippen molar-refractivity contribution in [1.29, 1.82) is 0 Å². The van der Waals surface area contributed by atoms with Crippen molar-refractivity contribution in [2.45, 2.75) is 57.8 Å². The molecule has 0 spiro atoms. The Morgan fingerprint density at radius 3 is 2.67 bits per heavy atom. The highest BCUT2D eigenvalue weighted by Gasteiger charge is 2.29. The van der Waals surface area contributed by atoms with E-state index in [1.54, 1.807) is 18.5 Å². The molecule has 0 aliphatic heterocycles. The minimum absolute atomic E-state index is 0.0122. The number of nitrogens with zero attached hydrogens (tertiary/aromatic N) is 3. The van der Waals surface area contributed by atoms with Crippen LogP contribution in [0.4, 0.5) is 0 Å². The van der Waals surface area contributed by atoms with Crippen molar-refractivity contribution in [3.05, 3.63) is 64.9 Å². The minimum Gasteiger partial charge on any atom is -0.371 e. The van der Waals surface area contributed by atoms with Gasteiger partial charge in [0.2, 0.25) is 0 Å². The summed E-state index contributed by atoms with van der Waals surface area (Å²) in [6.45, 7) is 2.57. The van der Waals surface area contributed by atoms with Gasteiger partial charge in [-0.2, -0.15) is 0 Å². The molecule has 0 radical (unpaired) electrons. The van der Waals surface area contributed by atoms with Gasteiger partial charge in [-0.3, -0.25) is 4.79 Å². The van der Waals surface area contributed by atoms with Gasteiger partial charge in [-0.05, 0) is 30.9 Å². The van der Waals surface area contributed by atoms with Crippen molar-refractivity contribution in [2.24, 2.45) is 0 Å². The van der Waals surface area contributed by atoms with Crippen LogP contribution in [0.5, 0.6) is 0 Å². The molecule has 1 amide bonds. The van der Waals surface area contributed by atoms with E-state index < -0.39 is 0 Å². The minimum atomic E-state index is -0.0771. The molecular formula is C23H26N4O2S. The van der Waals surface area contributed by atoms with Crippen LogP contribution >= 0.6 is 11.3 Å². The monoisotopic (exact) mass is 422 g/mol. The summed E-state index contributed by atoms with van der Waals surface area (Å²) in [4.78, 5) is 26.9. The van der Waals surface area contributed by atoms with Gasteiger partial charge in [-0.25, -0.2) is 15.0 Å². The lowest BCUT2D eigenvalue weighted by Gasteiger charge is -2.32. The fourth-order valence-electron chi connectivity index (χ4n) is 3.75. The number of amides is 1. The van der Waals surface area contributed by atoms with E-state index in [9.17, 15) is 4.79 Å². The summed E-state index contributed by atoms with van der Waals surface area (Å²) in [5.41, 5.74) is 1.94. The Morgan fingerprint density at radius 1 is 1.13 bits per heavy atom. The average Bonchev–Trinajstić information content (AvgIpc) is 3.25. The fraction of sp³-hybridized carbons (Fsp3) is 0.391. The first-order chi connectivity index (χ1) is 14.7. The summed E-state index contributed by atoms with van der Waals surface area (Å²) in [6.07, 6.45) is 8.20. The lowest BCUT2D eigenvalue weighted by molar-refractivity contribution is -0.00458. The molecule has 1 saturated carbocycles. The Kier molecular flexibility index (Phi) is 6.81. The lowest BCUT2D eigenvalue weighted by Crippen LogP contribution is -2.46. The molecule has 1 N–H and O–H groups in total. The Hall–Kier alpha value is -2.64. The van der Waals surface area contributed by atoms with Crippen LogP contribution in [0.15, 0.2) is 48.8 Å². The van der Waals surface area contributed by atoms with Crippen molar-refractivity contribution in [1.82, 2.24) is 20.3 Å². The number of hydrogen-bond acceptors (Lipinski definition) is 6. The van der Waals surface area contributed by atoms with Crippen LogP contribution in [-0.2, 0) is 17.8 Å². The third-order valence-corrected chi connectivity index (χ3v) is 6.41. The smallest absolute Gasteiger partial charge is 0.263 e. The third-order valence-electron chi connectivity index (χ3n) is 5.32. The van der Waals surface area contributed by atoms with E-state index in [2.05, 4.69) is 32.4 Å². The number of aryl methyl sites for hydroxylation is 1. The second-order valence-electron chi connectivity index (χ2n) is 7.42. The summed E-state index contributed by atoms with van der Waals surface area (Å²) < 4.78 is 6.20. The zero-order chi connectivity index (χ0) is 20.8. The van der Waals surface area contributed by atoms with Gasteiger partial charge in [0.1, 0.15) is 4.88 Å². The van der Waals surface area contributed by atoms with Gasteiger partial charge in [0, 0.05) is 12.4 Å². The van der Waals surface area contributed by atoms with Crippen molar-refractivity contribution in [3.8, 4) is 10.8 Å². The van der Waals surface area contributed by atoms with E-state index in [1.165, 1.54) is 11.3 Å². The fourth-order valence-corrected chi connectivity index (χ4v) is 4.75. The molecule has 1 fully saturated rings. The van der Waals surface area contributed by atoms with Crippen molar-refractivity contribution in [2.75, 3.05) is 0 Å². The second-order valence-corrected chi connectivity index (χ2v) is 8.42. The summed E-state index contributed by atoms with van der Waals surface area (Å²) in [5.74, 6) is 0.477. The molecule has 1 aliphatic rings. The highest BCUT2D eigenvalue weighted by Crippen LogP contribution is 2.28. The number of aromatic nitrogens is 3. The van der Waals surface area contributed by atoms with Gasteiger partial charge >= 0.3 is 0 Å². The largest absolute Gasteiger partial charge is 0.371 e. The number of rotatable bonds is 7. The number of thiazole rings is 1. The van der Waals surface area contributed by atoms with Crippen LogP contribution in [0.2, 0.25) is 0 Å². The number of carbonyl (C=O) groups is 1. The molecule has 2 aromatic heterocycles. The van der Waals surface area contributed by atoms with Crippen LogP contribution < -0.4 is 5.32 Å². The van der Waals surface area contributed by atoms with Gasteiger partial charge in [-0.15, -0.1) is 11.3 Å². The SMILES string of the molecule is CCc1nc(-c2ncccn2)sc1C(=O)N[C@H]1CCCC[C@@H]1OCc1ccccc1. The average molecular weight is 423 g/mol. The van der Waals surface area contributed by atoms with E-state index >= 15 is 0 Å². The summed E-state index contributed by atoms with van der Waals surface area (Å²) in [5, 5.41) is 3.91. The summed E-state index contributed by atoms with van der Waals surface area (Å²) in [6, 6.07) is 11.9. The van der Waals surface area contributed by atoms with Gasteiger partial charge in [0.25, 0.3) is 5.91 Å². The van der Waals surface area contributed by atoms with Crippen molar-refractivity contribution in [3.63, 3.8) is 0 Å². The molecular weight excluding hydrogens is 396 g/mol. The van der Waals surface area contributed by atoms with E-state index in [0.717, 1.165) is 36.9 Å². The summed E-state index contributed by atoms with van der Waals surface area (Å²) in [7, 11) is 0. The van der Waals surface area contributed by atoms with Gasteiger partial charge in [-0.1, -0.05) is 50.1 Å². The maximum Gasteiger partial charge on any atom is 0.263 e. The number of carbonyl (C=O) groups excluding carboxylic acids is 1. The molecule has 7 heteroatoms. The molecule has 0 bridgehead atoms. The Bertz CT molecular complexity index is 962. The standard InChI is InChI=1S/C23H26N4O2S/c1-2-17-20(30-23(27-17)21-24-13-8-14-25-21)22(28)26-18-11-6-7-12-19(18)29-15-16-9-4-3-5-10-16/h3-5,8-10,13-14,18-19H,2,6-7,11-12,15H2,1H3,(H,26,28)/t18-,19-/m0/s1. The molecule has 0 unspecified atom stereocenters. The van der Waals surface area contributed by atoms with Gasteiger partial charge in [0.15, 0.2) is 10.8 Å². The first kappa shape index (κ1) is 20.6. The van der Waals surface area contributed by atoms with Crippen molar-refractivity contribution >= 4 is 17.2 Å². The normalized spacial score (nSPS) is 18.8. The van der Waals surface area contributed by atoms with Crippen LogP contribution in [-0.4, -0.2) is 33.0 Å². The molecule has 4 rings (SSSR count). The first-order valence-corrected chi connectivity index (χ1v) is 11.3. The van der Waals surface area contributed by atoms with E-state index in [1.807, 2.05) is 25.1 Å². The number of hydrogen-bond donors (Lipinski definition) is 1. The maximum atomic E-state index is 13.1. The predicted molar refractivity (Wildman–Crippen MR) is 117 cm³/mol. The molecule has 156 valence electrons.